The van der Waals surface area contributed by atoms with Crippen LogP contribution in [0.5, 0.6) is 0 Å². The van der Waals surface area contributed by atoms with Crippen molar-refractivity contribution in [3.05, 3.63) is 88.4 Å². The lowest BCUT2D eigenvalue weighted by Crippen LogP contribution is -2.17. The fraction of sp³-hybridized carbons (Fsp3) is 0.0952. The maximum atomic E-state index is 13.1. The lowest BCUT2D eigenvalue weighted by atomic mass is 10.1. The number of amides is 1. The second-order valence-electron chi connectivity index (χ2n) is 6.61. The molecule has 0 unspecified atom stereocenters. The van der Waals surface area contributed by atoms with E-state index in [4.69, 9.17) is 11.6 Å². The maximum absolute atomic E-state index is 13.1. The van der Waals surface area contributed by atoms with Gasteiger partial charge in [0.05, 0.1) is 32.4 Å². The topological polar surface area (TPSA) is 75.3 Å². The Hall–Kier alpha value is -3.04. The molecule has 162 valence electrons. The third kappa shape index (κ3) is 5.36. The number of carbonyl (C=O) groups is 1. The number of para-hydroxylation sites is 1. The quantitative estimate of drug-likeness (QED) is 0.503. The van der Waals surface area contributed by atoms with Crippen LogP contribution >= 0.6 is 11.6 Å². The first-order valence-corrected chi connectivity index (χ1v) is 10.7. The first-order valence-electron chi connectivity index (χ1n) is 8.84. The molecule has 3 aromatic carbocycles. The minimum Gasteiger partial charge on any atom is -0.321 e. The maximum Gasteiger partial charge on any atom is 0.418 e. The number of halogens is 4. The van der Waals surface area contributed by atoms with Crippen LogP contribution in [0.1, 0.15) is 21.5 Å². The van der Waals surface area contributed by atoms with Crippen LogP contribution in [0.4, 0.5) is 24.5 Å². The number of nitrogens with one attached hydrogen (secondary N) is 2. The molecule has 2 N–H and O–H groups in total. The van der Waals surface area contributed by atoms with Crippen LogP contribution in [0, 0.1) is 6.92 Å². The zero-order valence-corrected chi connectivity index (χ0v) is 17.6. The van der Waals surface area contributed by atoms with Crippen LogP contribution in [0.15, 0.2) is 71.6 Å². The number of hydrogen-bond donors (Lipinski definition) is 2. The van der Waals surface area contributed by atoms with Gasteiger partial charge in [0.1, 0.15) is 0 Å². The largest absolute Gasteiger partial charge is 0.418 e. The minimum absolute atomic E-state index is 0.0415. The van der Waals surface area contributed by atoms with Crippen molar-refractivity contribution in [2.24, 2.45) is 0 Å². The van der Waals surface area contributed by atoms with E-state index in [-0.39, 0.29) is 21.2 Å². The van der Waals surface area contributed by atoms with Crippen LogP contribution in [-0.4, -0.2) is 14.3 Å². The Bertz CT molecular complexity index is 1230. The van der Waals surface area contributed by atoms with Gasteiger partial charge in [-0.2, -0.15) is 13.2 Å². The van der Waals surface area contributed by atoms with Crippen LogP contribution in [-0.2, 0) is 16.2 Å². The average molecular weight is 469 g/mol. The highest BCUT2D eigenvalue weighted by Crippen LogP contribution is 2.35. The molecule has 0 aliphatic carbocycles. The normalized spacial score (nSPS) is 11.8. The van der Waals surface area contributed by atoms with Gasteiger partial charge in [0.15, 0.2) is 0 Å². The molecule has 0 saturated carbocycles. The smallest absolute Gasteiger partial charge is 0.321 e. The third-order valence-corrected chi connectivity index (χ3v) is 5.99. The molecule has 10 heteroatoms. The van der Waals surface area contributed by atoms with Crippen molar-refractivity contribution in [3.8, 4) is 0 Å². The van der Waals surface area contributed by atoms with Gasteiger partial charge >= 0.3 is 6.18 Å². The Balaban J connectivity index is 1.81. The summed E-state index contributed by atoms with van der Waals surface area (Å²) >= 11 is 6.10. The Morgan fingerprint density at radius 2 is 1.61 bits per heavy atom. The van der Waals surface area contributed by atoms with E-state index in [2.05, 4.69) is 10.0 Å². The molecule has 31 heavy (non-hydrogen) atoms. The predicted molar refractivity (Wildman–Crippen MR) is 113 cm³/mol. The van der Waals surface area contributed by atoms with E-state index in [1.165, 1.54) is 42.5 Å². The Morgan fingerprint density at radius 1 is 0.968 bits per heavy atom. The molecule has 0 fully saturated rings. The van der Waals surface area contributed by atoms with Gasteiger partial charge in [-0.25, -0.2) is 8.42 Å². The SMILES string of the molecule is Cc1ccc(S(=O)(=O)Nc2ccc(C(=O)Nc3ccccc3C(F)(F)F)c(Cl)c2)cc1. The van der Waals surface area contributed by atoms with Crippen molar-refractivity contribution < 1.29 is 26.4 Å². The zero-order chi connectivity index (χ0) is 22.8. The van der Waals surface area contributed by atoms with Gasteiger partial charge in [0, 0.05) is 0 Å². The zero-order valence-electron chi connectivity index (χ0n) is 16.0. The summed E-state index contributed by atoms with van der Waals surface area (Å²) in [7, 11) is -3.88. The highest BCUT2D eigenvalue weighted by Gasteiger charge is 2.33. The second kappa shape index (κ2) is 8.60. The molecule has 5 nitrogen and oxygen atoms in total. The minimum atomic E-state index is -4.65. The van der Waals surface area contributed by atoms with Gasteiger partial charge in [-0.05, 0) is 49.4 Å². The van der Waals surface area contributed by atoms with E-state index < -0.39 is 33.4 Å². The fourth-order valence-corrected chi connectivity index (χ4v) is 4.04. The lowest BCUT2D eigenvalue weighted by Gasteiger charge is -2.14. The number of benzene rings is 3. The molecule has 0 bridgehead atoms. The molecule has 0 radical (unpaired) electrons. The summed E-state index contributed by atoms with van der Waals surface area (Å²) in [5.41, 5.74) is -0.540. The van der Waals surface area contributed by atoms with E-state index in [0.29, 0.717) is 0 Å². The number of alkyl halides is 3. The van der Waals surface area contributed by atoms with Gasteiger partial charge in [0.25, 0.3) is 15.9 Å². The van der Waals surface area contributed by atoms with Crippen molar-refractivity contribution in [2.45, 2.75) is 18.0 Å². The third-order valence-electron chi connectivity index (χ3n) is 4.28. The highest BCUT2D eigenvalue weighted by atomic mass is 35.5. The molecular formula is C21H16ClF3N2O3S. The summed E-state index contributed by atoms with van der Waals surface area (Å²) in [6, 6.07) is 14.4. The monoisotopic (exact) mass is 468 g/mol. The summed E-state index contributed by atoms with van der Waals surface area (Å²) in [5.74, 6) is -0.866. The number of anilines is 2. The lowest BCUT2D eigenvalue weighted by molar-refractivity contribution is -0.136. The van der Waals surface area contributed by atoms with Crippen molar-refractivity contribution in [3.63, 3.8) is 0 Å². The van der Waals surface area contributed by atoms with E-state index in [0.717, 1.165) is 17.7 Å². The molecule has 0 atom stereocenters. The van der Waals surface area contributed by atoms with E-state index >= 15 is 0 Å². The van der Waals surface area contributed by atoms with Gasteiger partial charge in [-0.15, -0.1) is 0 Å². The van der Waals surface area contributed by atoms with Crippen molar-refractivity contribution in [1.82, 2.24) is 0 Å². The van der Waals surface area contributed by atoms with Crippen molar-refractivity contribution in [2.75, 3.05) is 10.0 Å². The first-order chi connectivity index (χ1) is 14.5. The molecule has 0 aliphatic heterocycles. The second-order valence-corrected chi connectivity index (χ2v) is 8.70. The molecule has 3 rings (SSSR count). The number of hydrogen-bond acceptors (Lipinski definition) is 3. The van der Waals surface area contributed by atoms with E-state index in [1.54, 1.807) is 12.1 Å². The average Bonchev–Trinajstić information content (AvgIpc) is 2.67. The Labute approximate surface area is 181 Å². The highest BCUT2D eigenvalue weighted by molar-refractivity contribution is 7.92. The molecule has 0 spiro atoms. The molecule has 3 aromatic rings. The Morgan fingerprint density at radius 3 is 2.23 bits per heavy atom. The number of sulfonamides is 1. The molecule has 0 saturated heterocycles. The summed E-state index contributed by atoms with van der Waals surface area (Å²) in [6.07, 6.45) is -4.65. The molecule has 0 heterocycles. The van der Waals surface area contributed by atoms with Gasteiger partial charge < -0.3 is 5.32 Å². The van der Waals surface area contributed by atoms with Gasteiger partial charge in [0.2, 0.25) is 0 Å². The van der Waals surface area contributed by atoms with Crippen LogP contribution in [0.2, 0.25) is 5.02 Å². The van der Waals surface area contributed by atoms with E-state index in [9.17, 15) is 26.4 Å². The van der Waals surface area contributed by atoms with Crippen LogP contribution < -0.4 is 10.0 Å². The number of carbonyl (C=O) groups excluding carboxylic acids is 1. The fourth-order valence-electron chi connectivity index (χ4n) is 2.72. The summed E-state index contributed by atoms with van der Waals surface area (Å²) in [5, 5.41) is 2.06. The van der Waals surface area contributed by atoms with Gasteiger partial charge in [-0.3, -0.25) is 9.52 Å². The summed E-state index contributed by atoms with van der Waals surface area (Å²) < 4.78 is 66.6. The van der Waals surface area contributed by atoms with Gasteiger partial charge in [-0.1, -0.05) is 41.4 Å². The van der Waals surface area contributed by atoms with Crippen molar-refractivity contribution >= 4 is 38.9 Å². The number of rotatable bonds is 5. The molecule has 0 aliphatic rings. The van der Waals surface area contributed by atoms with E-state index in [1.807, 2.05) is 6.92 Å². The predicted octanol–water partition coefficient (Wildman–Crippen LogP) is 5.72. The van der Waals surface area contributed by atoms with Crippen LogP contribution in [0.3, 0.4) is 0 Å². The summed E-state index contributed by atoms with van der Waals surface area (Å²) in [6.45, 7) is 1.82. The van der Waals surface area contributed by atoms with Crippen LogP contribution in [0.25, 0.3) is 0 Å². The number of aryl methyl sites for hydroxylation is 1. The molecule has 0 aromatic heterocycles. The summed E-state index contributed by atoms with van der Waals surface area (Å²) in [4.78, 5) is 12.5. The molecular weight excluding hydrogens is 453 g/mol. The standard InChI is InChI=1S/C21H16ClF3N2O3S/c1-13-6-9-15(10-7-13)31(29,30)27-14-8-11-16(18(22)12-14)20(28)26-19-5-3-2-4-17(19)21(23,24)25/h2-12,27H,1H3,(H,26,28). The van der Waals surface area contributed by atoms with Crippen molar-refractivity contribution in [1.29, 1.82) is 0 Å². The Kier molecular flexibility index (Phi) is 6.28. The molecule has 1 amide bonds. The first kappa shape index (κ1) is 22.6.